The molecule has 18 nitrogen and oxygen atoms in total. The van der Waals surface area contributed by atoms with Crippen molar-refractivity contribution in [2.24, 2.45) is 0 Å². The molecule has 0 bridgehead atoms. The number of alkyl halides is 3. The maximum Gasteiger partial charge on any atom is 0.421 e. The number of rotatable bonds is 16. The van der Waals surface area contributed by atoms with E-state index in [9.17, 15) is 41.9 Å². The van der Waals surface area contributed by atoms with Crippen LogP contribution in [0.1, 0.15) is 55.9 Å². The summed E-state index contributed by atoms with van der Waals surface area (Å²) < 4.78 is 56.3. The number of nitrogens with one attached hydrogen (secondary N) is 4. The number of amides is 6. The third-order valence-corrected chi connectivity index (χ3v) is 9.81. The predicted molar refractivity (Wildman–Crippen MR) is 203 cm³/mol. The number of benzene rings is 2. The van der Waals surface area contributed by atoms with Crippen LogP contribution in [0.25, 0.3) is 0 Å². The van der Waals surface area contributed by atoms with E-state index in [-0.39, 0.29) is 80.3 Å². The number of carbonyl (C=O) groups excluding carboxylic acids is 6. The van der Waals surface area contributed by atoms with Crippen molar-refractivity contribution < 1.29 is 56.1 Å². The number of aromatic nitrogens is 2. The maximum atomic E-state index is 13.3. The fraction of sp³-hybridized carbons (Fsp3) is 0.421. The molecule has 0 saturated carbocycles. The molecule has 2 aromatic carbocycles. The number of hydrogen-bond acceptors (Lipinski definition) is 14. The molecule has 4 N–H and O–H groups in total. The molecule has 4 heterocycles. The summed E-state index contributed by atoms with van der Waals surface area (Å²) in [6.07, 6.45) is -3.74. The fourth-order valence-corrected chi connectivity index (χ4v) is 6.79. The molecule has 1 unspecified atom stereocenters. The Morgan fingerprint density at radius 2 is 1.66 bits per heavy atom. The first-order valence-electron chi connectivity index (χ1n) is 18.7. The Kier molecular flexibility index (Phi) is 13.2. The van der Waals surface area contributed by atoms with Gasteiger partial charge in [0.25, 0.3) is 17.7 Å². The first kappa shape index (κ1) is 42.3. The lowest BCUT2D eigenvalue weighted by molar-refractivity contribution is -0.138. The summed E-state index contributed by atoms with van der Waals surface area (Å²) in [5, 5.41) is 10.5. The average molecular weight is 826 g/mol. The van der Waals surface area contributed by atoms with Gasteiger partial charge in [0.2, 0.25) is 23.7 Å². The van der Waals surface area contributed by atoms with Crippen LogP contribution in [-0.4, -0.2) is 139 Å². The van der Waals surface area contributed by atoms with Gasteiger partial charge in [-0.1, -0.05) is 6.07 Å². The Bertz CT molecular complexity index is 2110. The van der Waals surface area contributed by atoms with E-state index < -0.39 is 47.2 Å². The molecule has 1 aromatic heterocycles. The van der Waals surface area contributed by atoms with Crippen molar-refractivity contribution >= 4 is 58.6 Å². The van der Waals surface area contributed by atoms with Gasteiger partial charge < -0.3 is 40.0 Å². The SMILES string of the molecule is CNc1nc(Nc2ccc(C(=O)N3CCN(C(=O)CCOCCOCCNc4cccc5c4C(=O)N(C4CCC(=O)NC4=O)C5=O)CC3)cc2OC)ncc1C(F)(F)F. The Morgan fingerprint density at radius 1 is 0.932 bits per heavy atom. The van der Waals surface area contributed by atoms with E-state index in [1.54, 1.807) is 28.0 Å². The van der Waals surface area contributed by atoms with Crippen molar-refractivity contribution in [3.63, 3.8) is 0 Å². The van der Waals surface area contributed by atoms with Gasteiger partial charge in [0, 0.05) is 63.6 Å². The van der Waals surface area contributed by atoms with E-state index in [2.05, 4.69) is 31.2 Å². The second kappa shape index (κ2) is 18.5. The van der Waals surface area contributed by atoms with Gasteiger partial charge in [-0.05, 0) is 36.8 Å². The van der Waals surface area contributed by atoms with Gasteiger partial charge >= 0.3 is 6.18 Å². The number of hydrogen-bond donors (Lipinski definition) is 4. The van der Waals surface area contributed by atoms with Crippen LogP contribution >= 0.6 is 0 Å². The molecule has 0 radical (unpaired) electrons. The van der Waals surface area contributed by atoms with Crippen LogP contribution in [0.2, 0.25) is 0 Å². The summed E-state index contributed by atoms with van der Waals surface area (Å²) in [6.45, 7) is 2.46. The van der Waals surface area contributed by atoms with E-state index in [0.29, 0.717) is 55.9 Å². The number of fused-ring (bicyclic) bond motifs is 1. The van der Waals surface area contributed by atoms with E-state index in [1.807, 2.05) is 0 Å². The molecule has 2 saturated heterocycles. The molecule has 21 heteroatoms. The normalized spacial score (nSPS) is 16.8. The van der Waals surface area contributed by atoms with Crippen molar-refractivity contribution in [1.82, 2.24) is 30.0 Å². The Morgan fingerprint density at radius 3 is 2.36 bits per heavy atom. The molecule has 2 fully saturated rings. The minimum absolute atomic E-state index is 0.0300. The number of anilines is 4. The summed E-state index contributed by atoms with van der Waals surface area (Å²) >= 11 is 0. The lowest BCUT2D eigenvalue weighted by atomic mass is 10.0. The van der Waals surface area contributed by atoms with Gasteiger partial charge in [0.15, 0.2) is 0 Å². The van der Waals surface area contributed by atoms with E-state index in [4.69, 9.17) is 14.2 Å². The number of ether oxygens (including phenoxy) is 3. The maximum absolute atomic E-state index is 13.3. The van der Waals surface area contributed by atoms with Gasteiger partial charge in [-0.25, -0.2) is 4.98 Å². The number of carbonyl (C=O) groups is 6. The summed E-state index contributed by atoms with van der Waals surface area (Å²) in [5.41, 5.74) is 0.382. The highest BCUT2D eigenvalue weighted by Gasteiger charge is 2.45. The molecular weight excluding hydrogens is 783 g/mol. The van der Waals surface area contributed by atoms with Crippen molar-refractivity contribution in [3.05, 3.63) is 64.8 Å². The second-order valence-electron chi connectivity index (χ2n) is 13.5. The summed E-state index contributed by atoms with van der Waals surface area (Å²) in [5.74, 6) is -3.00. The number of halogens is 3. The third kappa shape index (κ3) is 9.69. The number of methoxy groups -OCH3 is 1. The number of piperidine rings is 1. The van der Waals surface area contributed by atoms with Gasteiger partial charge in [-0.2, -0.15) is 18.2 Å². The summed E-state index contributed by atoms with van der Waals surface area (Å²) in [7, 11) is 2.70. The molecule has 6 rings (SSSR count). The van der Waals surface area contributed by atoms with Crippen LogP contribution in [0, 0.1) is 0 Å². The van der Waals surface area contributed by atoms with Crippen molar-refractivity contribution in [2.75, 3.05) is 89.3 Å². The number of nitrogens with zero attached hydrogens (tertiary/aromatic N) is 5. The zero-order valence-electron chi connectivity index (χ0n) is 32.1. The lowest BCUT2D eigenvalue weighted by Gasteiger charge is -2.35. The first-order valence-corrected chi connectivity index (χ1v) is 18.7. The molecule has 3 aliphatic heterocycles. The third-order valence-electron chi connectivity index (χ3n) is 9.81. The van der Waals surface area contributed by atoms with Crippen LogP contribution in [0.15, 0.2) is 42.6 Å². The minimum Gasteiger partial charge on any atom is -0.495 e. The standard InChI is InChI=1S/C38H42F3N9O9/c1-42-32-24(38(39,40)41)21-44-37(47-32)45-25-7-6-22(20-28(25)57-2)34(54)49-14-12-48(13-15-49)30(52)10-16-58-18-19-59-17-11-43-26-5-3-4-23-31(26)36(56)50(35(23)55)27-8-9-29(51)46-33(27)53/h3-7,20-21,27,43H,8-19H2,1-2H3,(H,46,51,53)(H2,42,44,45,47). The highest BCUT2D eigenvalue weighted by Crippen LogP contribution is 2.35. The Hall–Kier alpha value is -6.35. The number of imide groups is 2. The van der Waals surface area contributed by atoms with Crippen LogP contribution in [0.3, 0.4) is 0 Å². The minimum atomic E-state index is -4.64. The molecule has 1 atom stereocenters. The lowest BCUT2D eigenvalue weighted by Crippen LogP contribution is -2.54. The summed E-state index contributed by atoms with van der Waals surface area (Å²) in [4.78, 5) is 88.1. The highest BCUT2D eigenvalue weighted by atomic mass is 19.4. The summed E-state index contributed by atoms with van der Waals surface area (Å²) in [6, 6.07) is 8.33. The predicted octanol–water partition coefficient (Wildman–Crippen LogP) is 2.51. The molecule has 3 aromatic rings. The largest absolute Gasteiger partial charge is 0.495 e. The van der Waals surface area contributed by atoms with Gasteiger partial charge in [-0.3, -0.25) is 39.0 Å². The van der Waals surface area contributed by atoms with E-state index in [0.717, 1.165) is 4.90 Å². The van der Waals surface area contributed by atoms with Gasteiger partial charge in [-0.15, -0.1) is 0 Å². The molecule has 0 spiro atoms. The zero-order valence-corrected chi connectivity index (χ0v) is 32.1. The molecule has 59 heavy (non-hydrogen) atoms. The highest BCUT2D eigenvalue weighted by molar-refractivity contribution is 6.25. The molecule has 0 aliphatic carbocycles. The molecule has 314 valence electrons. The zero-order chi connectivity index (χ0) is 42.3. The van der Waals surface area contributed by atoms with Crippen molar-refractivity contribution in [3.8, 4) is 5.75 Å². The Balaban J connectivity index is 0.872. The smallest absolute Gasteiger partial charge is 0.421 e. The fourth-order valence-electron chi connectivity index (χ4n) is 6.79. The molecule has 3 aliphatic rings. The van der Waals surface area contributed by atoms with E-state index in [1.165, 1.54) is 32.4 Å². The Labute approximate surface area is 335 Å². The van der Waals surface area contributed by atoms with E-state index >= 15 is 0 Å². The van der Waals surface area contributed by atoms with Crippen LogP contribution in [0.4, 0.5) is 36.3 Å². The van der Waals surface area contributed by atoms with Crippen LogP contribution in [0.5, 0.6) is 5.75 Å². The molecule has 6 amide bonds. The number of piperazine rings is 1. The van der Waals surface area contributed by atoms with Crippen LogP contribution < -0.4 is 26.0 Å². The second-order valence-corrected chi connectivity index (χ2v) is 13.5. The quantitative estimate of drug-likeness (QED) is 0.121. The van der Waals surface area contributed by atoms with Crippen LogP contribution in [-0.2, 0) is 30.0 Å². The first-order chi connectivity index (χ1) is 28.3. The topological polar surface area (TPSA) is 214 Å². The van der Waals surface area contributed by atoms with Crippen molar-refractivity contribution in [2.45, 2.75) is 31.5 Å². The van der Waals surface area contributed by atoms with Gasteiger partial charge in [0.1, 0.15) is 23.2 Å². The van der Waals surface area contributed by atoms with Gasteiger partial charge in [0.05, 0.1) is 56.8 Å². The molecular formula is C38H42F3N9O9. The van der Waals surface area contributed by atoms with Crippen molar-refractivity contribution in [1.29, 1.82) is 0 Å². The average Bonchev–Trinajstić information content (AvgIpc) is 3.48. The monoisotopic (exact) mass is 825 g/mol.